The number of piperidine rings is 1. The van der Waals surface area contributed by atoms with Gasteiger partial charge in [-0.3, -0.25) is 9.36 Å². The van der Waals surface area contributed by atoms with Crippen molar-refractivity contribution in [2.45, 2.75) is 36.6 Å². The zero-order chi connectivity index (χ0) is 23.4. The first-order chi connectivity index (χ1) is 16.0. The fraction of sp³-hybridized carbons (Fsp3) is 0.348. The molecule has 1 saturated heterocycles. The second-order valence-electron chi connectivity index (χ2n) is 7.71. The summed E-state index contributed by atoms with van der Waals surface area (Å²) in [6.45, 7) is 3.58. The van der Waals surface area contributed by atoms with Gasteiger partial charge in [-0.05, 0) is 56.5 Å². The molecule has 1 aliphatic rings. The smallest absolute Gasteiger partial charge is 0.237 e. The Morgan fingerprint density at radius 1 is 1.18 bits per heavy atom. The number of thioether (sulfide) groups is 1. The lowest BCUT2D eigenvalue weighted by Crippen LogP contribution is -2.32. The molecule has 1 N–H and O–H groups in total. The van der Waals surface area contributed by atoms with Crippen molar-refractivity contribution >= 4 is 40.9 Å². The van der Waals surface area contributed by atoms with Crippen LogP contribution in [-0.4, -0.2) is 46.1 Å². The lowest BCUT2D eigenvalue weighted by atomic mass is 10.1. The number of aromatic nitrogens is 3. The summed E-state index contributed by atoms with van der Waals surface area (Å²) in [6, 6.07) is 11.5. The Hall–Kier alpha value is -2.78. The quantitative estimate of drug-likeness (QED) is 0.461. The van der Waals surface area contributed by atoms with Crippen LogP contribution in [0.15, 0.2) is 47.6 Å². The van der Waals surface area contributed by atoms with E-state index in [-0.39, 0.29) is 10.9 Å². The normalized spacial score (nSPS) is 14.7. The maximum Gasteiger partial charge on any atom is 0.237 e. The van der Waals surface area contributed by atoms with Crippen LogP contribution in [0.2, 0.25) is 5.02 Å². The highest BCUT2D eigenvalue weighted by Crippen LogP contribution is 2.34. The van der Waals surface area contributed by atoms with Crippen molar-refractivity contribution in [2.24, 2.45) is 0 Å². The molecule has 0 aliphatic carbocycles. The molecular formula is C23H25ClFN5O2S. The van der Waals surface area contributed by atoms with Gasteiger partial charge in [0.2, 0.25) is 11.9 Å². The molecule has 1 aromatic heterocycles. The van der Waals surface area contributed by atoms with E-state index < -0.39 is 11.1 Å². The fourth-order valence-electron chi connectivity index (χ4n) is 3.70. The first-order valence-corrected chi connectivity index (χ1v) is 12.0. The molecule has 0 radical (unpaired) electrons. The summed E-state index contributed by atoms with van der Waals surface area (Å²) >= 11 is 7.34. The summed E-state index contributed by atoms with van der Waals surface area (Å²) in [5.41, 5.74) is 1.16. The van der Waals surface area contributed by atoms with Crippen LogP contribution in [0.4, 0.5) is 16.0 Å². The summed E-state index contributed by atoms with van der Waals surface area (Å²) in [4.78, 5) is 15.1. The van der Waals surface area contributed by atoms with Crippen molar-refractivity contribution in [1.29, 1.82) is 0 Å². The van der Waals surface area contributed by atoms with Gasteiger partial charge < -0.3 is 15.0 Å². The monoisotopic (exact) mass is 489 g/mol. The second-order valence-corrected chi connectivity index (χ2v) is 9.43. The molecule has 0 bridgehead atoms. The van der Waals surface area contributed by atoms with Crippen LogP contribution in [0.3, 0.4) is 0 Å². The summed E-state index contributed by atoms with van der Waals surface area (Å²) < 4.78 is 20.9. The highest BCUT2D eigenvalue weighted by atomic mass is 35.5. The number of nitrogens with zero attached hydrogens (tertiary/aromatic N) is 4. The third-order valence-electron chi connectivity index (χ3n) is 5.42. The van der Waals surface area contributed by atoms with Crippen molar-refractivity contribution in [3.8, 4) is 11.4 Å². The number of carbonyl (C=O) groups excluding carboxylic acids is 1. The summed E-state index contributed by atoms with van der Waals surface area (Å²) in [7, 11) is 1.62. The molecule has 4 rings (SSSR count). The predicted octanol–water partition coefficient (Wildman–Crippen LogP) is 5.18. The highest BCUT2D eigenvalue weighted by molar-refractivity contribution is 8.00. The van der Waals surface area contributed by atoms with Crippen LogP contribution < -0.4 is 15.0 Å². The Labute approximate surface area is 201 Å². The maximum absolute atomic E-state index is 13.3. The molecule has 2 heterocycles. The van der Waals surface area contributed by atoms with E-state index in [2.05, 4.69) is 20.4 Å². The summed E-state index contributed by atoms with van der Waals surface area (Å²) in [6.07, 6.45) is 3.39. The minimum Gasteiger partial charge on any atom is -0.495 e. The lowest BCUT2D eigenvalue weighted by Gasteiger charge is -2.28. The first-order valence-electron chi connectivity index (χ1n) is 10.7. The Kier molecular flexibility index (Phi) is 7.39. The van der Waals surface area contributed by atoms with Crippen LogP contribution in [-0.2, 0) is 4.79 Å². The molecule has 3 aromatic rings. The van der Waals surface area contributed by atoms with E-state index in [0.717, 1.165) is 43.6 Å². The van der Waals surface area contributed by atoms with Crippen LogP contribution >= 0.6 is 23.4 Å². The van der Waals surface area contributed by atoms with Crippen molar-refractivity contribution in [3.05, 3.63) is 53.3 Å². The molecule has 1 fully saturated rings. The van der Waals surface area contributed by atoms with Crippen LogP contribution in [0.1, 0.15) is 26.2 Å². The third kappa shape index (κ3) is 5.25. The lowest BCUT2D eigenvalue weighted by molar-refractivity contribution is -0.115. The number of nitrogens with one attached hydrogen (secondary N) is 1. The largest absolute Gasteiger partial charge is 0.495 e. The standard InChI is InChI=1S/C23H25ClFN5O2S/c1-15(21(31)26-18-11-10-16(25)14-17(18)24)33-23-28-27-22(29-12-6-3-7-13-29)30(23)19-8-4-5-9-20(19)32-2/h4-5,8-11,14-15H,3,6-7,12-13H2,1-2H3,(H,26,31). The van der Waals surface area contributed by atoms with E-state index in [9.17, 15) is 9.18 Å². The van der Waals surface area contributed by atoms with Gasteiger partial charge in [-0.25, -0.2) is 4.39 Å². The average Bonchev–Trinajstić information content (AvgIpc) is 3.24. The minimum atomic E-state index is -0.516. The first kappa shape index (κ1) is 23.4. The Balaban J connectivity index is 1.62. The van der Waals surface area contributed by atoms with Gasteiger partial charge in [0.25, 0.3) is 0 Å². The Morgan fingerprint density at radius 3 is 2.67 bits per heavy atom. The van der Waals surface area contributed by atoms with Gasteiger partial charge >= 0.3 is 0 Å². The third-order valence-corrected chi connectivity index (χ3v) is 6.78. The van der Waals surface area contributed by atoms with Gasteiger partial charge in [0.15, 0.2) is 5.16 Å². The molecule has 174 valence electrons. The number of benzene rings is 2. The maximum atomic E-state index is 13.3. The molecule has 7 nitrogen and oxygen atoms in total. The average molecular weight is 490 g/mol. The van der Waals surface area contributed by atoms with Gasteiger partial charge in [0.1, 0.15) is 11.6 Å². The number of hydrogen-bond acceptors (Lipinski definition) is 6. The molecule has 2 aromatic carbocycles. The highest BCUT2D eigenvalue weighted by Gasteiger charge is 2.26. The molecule has 1 amide bonds. The van der Waals surface area contributed by atoms with E-state index in [1.807, 2.05) is 28.8 Å². The number of halogens is 2. The zero-order valence-electron chi connectivity index (χ0n) is 18.4. The van der Waals surface area contributed by atoms with Crippen molar-refractivity contribution in [1.82, 2.24) is 14.8 Å². The van der Waals surface area contributed by atoms with Crippen LogP contribution in [0.5, 0.6) is 5.75 Å². The molecule has 0 spiro atoms. The number of amides is 1. The van der Waals surface area contributed by atoms with E-state index >= 15 is 0 Å². The van der Waals surface area contributed by atoms with Crippen molar-refractivity contribution < 1.29 is 13.9 Å². The molecular weight excluding hydrogens is 465 g/mol. The molecule has 1 atom stereocenters. The number of hydrogen-bond donors (Lipinski definition) is 1. The predicted molar refractivity (Wildman–Crippen MR) is 129 cm³/mol. The Bertz CT molecular complexity index is 1140. The van der Waals surface area contributed by atoms with Crippen molar-refractivity contribution in [3.63, 3.8) is 0 Å². The number of para-hydroxylation sites is 2. The van der Waals surface area contributed by atoms with Crippen LogP contribution in [0.25, 0.3) is 5.69 Å². The Morgan fingerprint density at radius 2 is 1.94 bits per heavy atom. The van der Waals surface area contributed by atoms with Gasteiger partial charge in [-0.15, -0.1) is 10.2 Å². The van der Waals surface area contributed by atoms with E-state index in [1.54, 1.807) is 14.0 Å². The van der Waals surface area contributed by atoms with E-state index in [0.29, 0.717) is 16.6 Å². The summed E-state index contributed by atoms with van der Waals surface area (Å²) in [5, 5.41) is 11.9. The van der Waals surface area contributed by atoms with Gasteiger partial charge in [-0.2, -0.15) is 0 Å². The van der Waals surface area contributed by atoms with Crippen LogP contribution in [0, 0.1) is 5.82 Å². The summed E-state index contributed by atoms with van der Waals surface area (Å²) in [5.74, 6) is 0.682. The van der Waals surface area contributed by atoms with Gasteiger partial charge in [0, 0.05) is 13.1 Å². The number of ether oxygens (including phenoxy) is 1. The topological polar surface area (TPSA) is 72.3 Å². The molecule has 0 saturated carbocycles. The fourth-order valence-corrected chi connectivity index (χ4v) is 4.77. The second kappa shape index (κ2) is 10.4. The molecule has 33 heavy (non-hydrogen) atoms. The zero-order valence-corrected chi connectivity index (χ0v) is 20.0. The number of anilines is 2. The molecule has 1 aliphatic heterocycles. The minimum absolute atomic E-state index is 0.144. The number of methoxy groups -OCH3 is 1. The van der Waals surface area contributed by atoms with E-state index in [4.69, 9.17) is 16.3 Å². The van der Waals surface area contributed by atoms with Crippen molar-refractivity contribution in [2.75, 3.05) is 30.4 Å². The van der Waals surface area contributed by atoms with Gasteiger partial charge in [0.05, 0.1) is 28.8 Å². The number of rotatable bonds is 7. The number of carbonyl (C=O) groups is 1. The van der Waals surface area contributed by atoms with Gasteiger partial charge in [-0.1, -0.05) is 35.5 Å². The molecule has 1 unspecified atom stereocenters. The SMILES string of the molecule is COc1ccccc1-n1c(SC(C)C(=O)Nc2ccc(F)cc2Cl)nnc1N1CCCCC1. The van der Waals surface area contributed by atoms with E-state index in [1.165, 1.54) is 30.3 Å². The molecule has 10 heteroatoms.